The zero-order chi connectivity index (χ0) is 25.7. The van der Waals surface area contributed by atoms with Crippen LogP contribution in [-0.2, 0) is 11.3 Å². The molecular weight excluding hydrogens is 486 g/mol. The standard InChI is InChI=1S/C23H21F4N5O4/c1-9(11-3-4-11)32-8-13-5-12(6-15(35-21(24)25)16(13)20(32)34)14-7-28-18-17(14)19(36-22(26)27)31-23(30-18)29-10(2)33/h5-7,9,11,21-22H,3-4,8H2,1-2H3,(H2,28,29,30,31,33)/t9-/m0/s1. The molecule has 3 aromatic rings. The number of carbonyl (C=O) groups excluding carboxylic acids is 2. The molecule has 5 rings (SSSR count). The Morgan fingerprint density at radius 1 is 1.17 bits per heavy atom. The summed E-state index contributed by atoms with van der Waals surface area (Å²) in [6.45, 7) is -3.09. The number of ether oxygens (including phenoxy) is 2. The molecule has 2 N–H and O–H groups in total. The Morgan fingerprint density at radius 2 is 1.89 bits per heavy atom. The molecule has 190 valence electrons. The van der Waals surface area contributed by atoms with E-state index in [4.69, 9.17) is 4.74 Å². The first kappa shape index (κ1) is 23.8. The second-order valence-electron chi connectivity index (χ2n) is 8.74. The summed E-state index contributed by atoms with van der Waals surface area (Å²) in [6, 6.07) is 2.82. The number of carbonyl (C=O) groups is 2. The summed E-state index contributed by atoms with van der Waals surface area (Å²) < 4.78 is 62.2. The lowest BCUT2D eigenvalue weighted by atomic mass is 9.99. The predicted molar refractivity (Wildman–Crippen MR) is 119 cm³/mol. The van der Waals surface area contributed by atoms with Crippen LogP contribution in [0.1, 0.15) is 42.6 Å². The normalized spacial score (nSPS) is 16.1. The number of aromatic nitrogens is 3. The Morgan fingerprint density at radius 3 is 2.53 bits per heavy atom. The number of rotatable bonds is 8. The van der Waals surface area contributed by atoms with Crippen molar-refractivity contribution in [3.8, 4) is 22.8 Å². The van der Waals surface area contributed by atoms with E-state index in [0.717, 1.165) is 12.8 Å². The summed E-state index contributed by atoms with van der Waals surface area (Å²) in [5.41, 5.74) is 1.16. The molecule has 2 amide bonds. The number of benzene rings is 1. The lowest BCUT2D eigenvalue weighted by molar-refractivity contribution is -0.114. The van der Waals surface area contributed by atoms with Gasteiger partial charge < -0.3 is 19.4 Å². The van der Waals surface area contributed by atoms with Crippen molar-refractivity contribution in [3.63, 3.8) is 0 Å². The van der Waals surface area contributed by atoms with E-state index in [1.165, 1.54) is 19.2 Å². The maximum Gasteiger partial charge on any atom is 0.388 e. The smallest absolute Gasteiger partial charge is 0.388 e. The molecule has 1 saturated carbocycles. The van der Waals surface area contributed by atoms with Gasteiger partial charge in [-0.3, -0.25) is 14.9 Å². The Bertz CT molecular complexity index is 1360. The van der Waals surface area contributed by atoms with E-state index in [1.807, 2.05) is 6.92 Å². The number of nitrogens with one attached hydrogen (secondary N) is 2. The van der Waals surface area contributed by atoms with Crippen molar-refractivity contribution in [1.29, 1.82) is 0 Å². The summed E-state index contributed by atoms with van der Waals surface area (Å²) >= 11 is 0. The van der Waals surface area contributed by atoms with E-state index in [0.29, 0.717) is 17.0 Å². The number of amides is 2. The van der Waals surface area contributed by atoms with Gasteiger partial charge in [0.05, 0.1) is 10.9 Å². The van der Waals surface area contributed by atoms with E-state index >= 15 is 0 Å². The molecule has 1 aliphatic heterocycles. The first-order chi connectivity index (χ1) is 17.1. The third kappa shape index (κ3) is 4.40. The van der Waals surface area contributed by atoms with Gasteiger partial charge in [0, 0.05) is 31.3 Å². The summed E-state index contributed by atoms with van der Waals surface area (Å²) in [6.07, 6.45) is 3.41. The highest BCUT2D eigenvalue weighted by Crippen LogP contribution is 2.43. The van der Waals surface area contributed by atoms with Gasteiger partial charge in [0.15, 0.2) is 0 Å². The fraction of sp³-hybridized carbons (Fsp3) is 0.391. The average Bonchev–Trinajstić information content (AvgIpc) is 3.45. The summed E-state index contributed by atoms with van der Waals surface area (Å²) in [5.74, 6) is -1.65. The lowest BCUT2D eigenvalue weighted by Crippen LogP contribution is -2.34. The van der Waals surface area contributed by atoms with Crippen LogP contribution >= 0.6 is 0 Å². The summed E-state index contributed by atoms with van der Waals surface area (Å²) in [4.78, 5) is 36.9. The molecule has 36 heavy (non-hydrogen) atoms. The van der Waals surface area contributed by atoms with Gasteiger partial charge in [-0.25, -0.2) is 0 Å². The van der Waals surface area contributed by atoms with Crippen LogP contribution in [0.4, 0.5) is 23.5 Å². The quantitative estimate of drug-likeness (QED) is 0.434. The molecule has 9 nitrogen and oxygen atoms in total. The number of aromatic amines is 1. The Labute approximate surface area is 201 Å². The summed E-state index contributed by atoms with van der Waals surface area (Å²) in [7, 11) is 0. The van der Waals surface area contributed by atoms with Crippen LogP contribution < -0.4 is 14.8 Å². The van der Waals surface area contributed by atoms with Crippen LogP contribution in [-0.4, -0.2) is 50.9 Å². The Kier molecular flexibility index (Phi) is 5.92. The van der Waals surface area contributed by atoms with Crippen molar-refractivity contribution >= 4 is 28.8 Å². The molecule has 13 heteroatoms. The number of alkyl halides is 4. The molecule has 0 bridgehead atoms. The van der Waals surface area contributed by atoms with Gasteiger partial charge in [0.1, 0.15) is 11.4 Å². The molecule has 2 aromatic heterocycles. The number of fused-ring (bicyclic) bond motifs is 2. The molecule has 1 aliphatic carbocycles. The number of hydrogen-bond donors (Lipinski definition) is 2. The van der Waals surface area contributed by atoms with Gasteiger partial charge in [-0.2, -0.15) is 27.5 Å². The van der Waals surface area contributed by atoms with Crippen molar-refractivity contribution in [2.75, 3.05) is 5.32 Å². The van der Waals surface area contributed by atoms with Crippen molar-refractivity contribution in [2.24, 2.45) is 5.92 Å². The average molecular weight is 507 g/mol. The number of hydrogen-bond acceptors (Lipinski definition) is 6. The van der Waals surface area contributed by atoms with Crippen LogP contribution in [0.2, 0.25) is 0 Å². The van der Waals surface area contributed by atoms with Gasteiger partial charge in [0.25, 0.3) is 5.91 Å². The summed E-state index contributed by atoms with van der Waals surface area (Å²) in [5, 5.41) is 2.35. The van der Waals surface area contributed by atoms with Crippen LogP contribution in [0.3, 0.4) is 0 Å². The number of H-pyrrole nitrogens is 1. The Hall–Kier alpha value is -3.90. The number of anilines is 1. The van der Waals surface area contributed by atoms with Crippen LogP contribution in [0, 0.1) is 5.92 Å². The SMILES string of the molecule is CC(=O)Nc1nc(OC(F)F)c2c(-c3cc4c(c(OC(F)F)c3)C(=O)N([C@@H](C)C3CC3)C4)c[nH]c2n1. The maximum absolute atomic E-state index is 13.3. The van der Waals surface area contributed by atoms with E-state index in [2.05, 4.69) is 25.0 Å². The van der Waals surface area contributed by atoms with Crippen LogP contribution in [0.5, 0.6) is 11.6 Å². The van der Waals surface area contributed by atoms with Crippen molar-refractivity contribution in [3.05, 3.63) is 29.5 Å². The van der Waals surface area contributed by atoms with Gasteiger partial charge in [-0.05, 0) is 48.9 Å². The largest absolute Gasteiger partial charge is 0.434 e. The van der Waals surface area contributed by atoms with E-state index in [1.54, 1.807) is 11.0 Å². The first-order valence-electron chi connectivity index (χ1n) is 11.2. The van der Waals surface area contributed by atoms with Gasteiger partial charge in [-0.15, -0.1) is 0 Å². The van der Waals surface area contributed by atoms with Gasteiger partial charge in [-0.1, -0.05) is 0 Å². The van der Waals surface area contributed by atoms with E-state index in [9.17, 15) is 27.2 Å². The van der Waals surface area contributed by atoms with E-state index < -0.39 is 30.9 Å². The molecule has 0 spiro atoms. The maximum atomic E-state index is 13.3. The minimum absolute atomic E-state index is 0.0416. The molecule has 1 fully saturated rings. The second kappa shape index (κ2) is 8.95. The molecule has 2 aliphatic rings. The topological polar surface area (TPSA) is 109 Å². The molecular formula is C23H21F4N5O4. The lowest BCUT2D eigenvalue weighted by Gasteiger charge is -2.24. The molecule has 1 aromatic carbocycles. The van der Waals surface area contributed by atoms with E-state index in [-0.39, 0.29) is 46.4 Å². The fourth-order valence-corrected chi connectivity index (χ4v) is 4.56. The molecule has 0 saturated heterocycles. The minimum Gasteiger partial charge on any atom is -0.434 e. The number of nitrogens with zero attached hydrogens (tertiary/aromatic N) is 3. The zero-order valence-corrected chi connectivity index (χ0v) is 19.1. The molecule has 0 unspecified atom stereocenters. The number of halogens is 4. The van der Waals surface area contributed by atoms with Crippen LogP contribution in [0.25, 0.3) is 22.2 Å². The minimum atomic E-state index is -3.23. The highest BCUT2D eigenvalue weighted by Gasteiger charge is 2.40. The highest BCUT2D eigenvalue weighted by atomic mass is 19.3. The molecule has 3 heterocycles. The molecule has 1 atom stereocenters. The van der Waals surface area contributed by atoms with Gasteiger partial charge >= 0.3 is 13.2 Å². The zero-order valence-electron chi connectivity index (χ0n) is 19.1. The second-order valence-corrected chi connectivity index (χ2v) is 8.74. The van der Waals surface area contributed by atoms with Gasteiger partial charge in [0.2, 0.25) is 17.7 Å². The third-order valence-electron chi connectivity index (χ3n) is 6.31. The van der Waals surface area contributed by atoms with Crippen molar-refractivity contribution < 1.29 is 36.6 Å². The van der Waals surface area contributed by atoms with Crippen molar-refractivity contribution in [1.82, 2.24) is 19.9 Å². The fourth-order valence-electron chi connectivity index (χ4n) is 4.56. The highest BCUT2D eigenvalue weighted by molar-refractivity contribution is 6.04. The Balaban J connectivity index is 1.63. The predicted octanol–water partition coefficient (Wildman–Crippen LogP) is 4.54. The molecule has 0 radical (unpaired) electrons. The van der Waals surface area contributed by atoms with Crippen LogP contribution in [0.15, 0.2) is 18.3 Å². The first-order valence-corrected chi connectivity index (χ1v) is 11.2. The monoisotopic (exact) mass is 507 g/mol. The van der Waals surface area contributed by atoms with Crippen molar-refractivity contribution in [2.45, 2.75) is 52.5 Å². The third-order valence-corrected chi connectivity index (χ3v) is 6.31.